The molecule has 162 valence electrons. The summed E-state index contributed by atoms with van der Waals surface area (Å²) in [5.41, 5.74) is 2.02. The average molecular weight is 472 g/mol. The molecule has 1 aliphatic heterocycles. The molecule has 1 aromatic heterocycles. The Bertz CT molecular complexity index is 1300. The lowest BCUT2D eigenvalue weighted by atomic mass is 10.0. The largest absolute Gasteiger partial charge is 0.478 e. The molecule has 0 spiro atoms. The van der Waals surface area contributed by atoms with E-state index in [4.69, 9.17) is 16.0 Å². The van der Waals surface area contributed by atoms with Crippen LogP contribution < -0.4 is 0 Å². The number of aryl methyl sites for hydroxylation is 1. The van der Waals surface area contributed by atoms with E-state index in [1.807, 2.05) is 6.92 Å². The van der Waals surface area contributed by atoms with Crippen LogP contribution in [-0.2, 0) is 11.3 Å². The normalized spacial score (nSPS) is 15.1. The molecule has 2 heterocycles. The maximum atomic E-state index is 13.2. The number of hydrogen-bond acceptors (Lipinski definition) is 5. The highest BCUT2D eigenvalue weighted by atomic mass is 35.5. The van der Waals surface area contributed by atoms with Gasteiger partial charge in [-0.25, -0.2) is 9.18 Å². The lowest BCUT2D eigenvalue weighted by Gasteiger charge is -2.13. The summed E-state index contributed by atoms with van der Waals surface area (Å²) in [4.78, 5) is 37.6. The van der Waals surface area contributed by atoms with Gasteiger partial charge in [-0.1, -0.05) is 23.7 Å². The molecule has 0 aliphatic carbocycles. The van der Waals surface area contributed by atoms with E-state index in [1.54, 1.807) is 18.2 Å². The van der Waals surface area contributed by atoms with Crippen LogP contribution in [-0.4, -0.2) is 27.1 Å². The summed E-state index contributed by atoms with van der Waals surface area (Å²) in [5, 5.41) is 8.87. The van der Waals surface area contributed by atoms with E-state index < -0.39 is 22.9 Å². The van der Waals surface area contributed by atoms with Crippen LogP contribution in [0.1, 0.15) is 27.2 Å². The van der Waals surface area contributed by atoms with Crippen LogP contribution >= 0.6 is 23.4 Å². The highest BCUT2D eigenvalue weighted by Crippen LogP contribution is 2.35. The summed E-state index contributed by atoms with van der Waals surface area (Å²) >= 11 is 6.77. The van der Waals surface area contributed by atoms with Crippen molar-refractivity contribution in [1.29, 1.82) is 0 Å². The van der Waals surface area contributed by atoms with E-state index in [0.29, 0.717) is 22.6 Å². The zero-order valence-corrected chi connectivity index (χ0v) is 18.2. The Labute approximate surface area is 191 Å². The number of nitrogens with zero attached hydrogens (tertiary/aromatic N) is 1. The molecule has 2 amide bonds. The number of carboxylic acids is 1. The van der Waals surface area contributed by atoms with Crippen LogP contribution in [0.3, 0.4) is 0 Å². The number of aromatic carboxylic acids is 1. The van der Waals surface area contributed by atoms with E-state index in [-0.39, 0.29) is 22.0 Å². The van der Waals surface area contributed by atoms with Gasteiger partial charge in [0.2, 0.25) is 0 Å². The highest BCUT2D eigenvalue weighted by Gasteiger charge is 2.35. The number of hydrogen-bond donors (Lipinski definition) is 1. The molecule has 1 fully saturated rings. The van der Waals surface area contributed by atoms with Gasteiger partial charge in [0.25, 0.3) is 11.1 Å². The first-order valence-electron chi connectivity index (χ1n) is 9.36. The Morgan fingerprint density at radius 3 is 2.69 bits per heavy atom. The fraction of sp³-hybridized carbons (Fsp3) is 0.0870. The van der Waals surface area contributed by atoms with Gasteiger partial charge in [0.05, 0.1) is 17.0 Å². The minimum atomic E-state index is -1.05. The molecule has 6 nitrogen and oxygen atoms in total. The third-order valence-corrected chi connectivity index (χ3v) is 6.13. The van der Waals surface area contributed by atoms with Crippen LogP contribution in [0.4, 0.5) is 9.18 Å². The second-order valence-electron chi connectivity index (χ2n) is 7.04. The fourth-order valence-electron chi connectivity index (χ4n) is 3.18. The Kier molecular flexibility index (Phi) is 5.90. The van der Waals surface area contributed by atoms with Gasteiger partial charge >= 0.3 is 5.97 Å². The summed E-state index contributed by atoms with van der Waals surface area (Å²) in [5.74, 6) is -1.29. The number of amides is 2. The van der Waals surface area contributed by atoms with E-state index in [1.165, 1.54) is 30.3 Å². The number of carboxylic acid groups (broad SMARTS) is 1. The van der Waals surface area contributed by atoms with Crippen molar-refractivity contribution in [3.05, 3.63) is 86.7 Å². The van der Waals surface area contributed by atoms with Gasteiger partial charge in [-0.3, -0.25) is 14.5 Å². The monoisotopic (exact) mass is 471 g/mol. The minimum absolute atomic E-state index is 0.0777. The minimum Gasteiger partial charge on any atom is -0.478 e. The number of furan rings is 1. The zero-order chi connectivity index (χ0) is 23.0. The second-order valence-corrected chi connectivity index (χ2v) is 8.44. The van der Waals surface area contributed by atoms with Crippen LogP contribution in [0.15, 0.2) is 57.9 Å². The van der Waals surface area contributed by atoms with E-state index in [2.05, 4.69) is 0 Å². The third kappa shape index (κ3) is 4.32. The molecule has 0 atom stereocenters. The average Bonchev–Trinajstić information content (AvgIpc) is 3.30. The van der Waals surface area contributed by atoms with Crippen molar-refractivity contribution in [3.63, 3.8) is 0 Å². The van der Waals surface area contributed by atoms with Gasteiger partial charge in [0, 0.05) is 16.7 Å². The van der Waals surface area contributed by atoms with Crippen LogP contribution in [0.2, 0.25) is 5.02 Å². The number of rotatable bonds is 5. The summed E-state index contributed by atoms with van der Waals surface area (Å²) in [6.45, 7) is 1.75. The molecule has 0 unspecified atom stereocenters. The number of imide groups is 1. The Hall–Kier alpha value is -3.36. The van der Waals surface area contributed by atoms with E-state index in [9.17, 15) is 23.9 Å². The van der Waals surface area contributed by atoms with Gasteiger partial charge in [-0.2, -0.15) is 0 Å². The number of carbonyl (C=O) groups excluding carboxylic acids is 2. The summed E-state index contributed by atoms with van der Waals surface area (Å²) in [6.07, 6.45) is 1.46. The summed E-state index contributed by atoms with van der Waals surface area (Å²) < 4.78 is 19.0. The first-order valence-corrected chi connectivity index (χ1v) is 10.6. The Balaban J connectivity index is 1.57. The van der Waals surface area contributed by atoms with Crippen molar-refractivity contribution in [1.82, 2.24) is 4.90 Å². The van der Waals surface area contributed by atoms with Crippen LogP contribution in [0.25, 0.3) is 17.4 Å². The number of benzene rings is 2. The summed E-state index contributed by atoms with van der Waals surface area (Å²) in [7, 11) is 0. The van der Waals surface area contributed by atoms with Gasteiger partial charge in [-0.05, 0) is 66.2 Å². The van der Waals surface area contributed by atoms with Gasteiger partial charge in [0.1, 0.15) is 17.3 Å². The molecule has 0 bridgehead atoms. The van der Waals surface area contributed by atoms with Crippen molar-refractivity contribution in [2.75, 3.05) is 0 Å². The molecule has 9 heteroatoms. The lowest BCUT2D eigenvalue weighted by Crippen LogP contribution is -2.27. The topological polar surface area (TPSA) is 87.8 Å². The molecule has 2 aromatic carbocycles. The molecule has 3 aromatic rings. The van der Waals surface area contributed by atoms with E-state index >= 15 is 0 Å². The standard InChI is InChI=1S/C23H15ClFNO5S/c1-12-2-3-13(22(28)29)8-17(12)19-7-6-16(31-19)10-20-21(27)26(23(30)32-20)11-14-4-5-15(25)9-18(14)24/h2-10H,11H2,1H3,(H,28,29)/b20-10-. The number of halogens is 2. The molecule has 0 saturated carbocycles. The van der Waals surface area contributed by atoms with Crippen LogP contribution in [0.5, 0.6) is 0 Å². The van der Waals surface area contributed by atoms with Crippen molar-refractivity contribution < 1.29 is 28.3 Å². The first-order chi connectivity index (χ1) is 15.2. The number of carbonyl (C=O) groups is 3. The van der Waals surface area contributed by atoms with Crippen molar-refractivity contribution in [2.24, 2.45) is 0 Å². The molecule has 1 aliphatic rings. The van der Waals surface area contributed by atoms with Crippen molar-refractivity contribution in [3.8, 4) is 11.3 Å². The predicted molar refractivity (Wildman–Crippen MR) is 119 cm³/mol. The smallest absolute Gasteiger partial charge is 0.335 e. The lowest BCUT2D eigenvalue weighted by molar-refractivity contribution is -0.123. The van der Waals surface area contributed by atoms with Gasteiger partial charge < -0.3 is 9.52 Å². The van der Waals surface area contributed by atoms with Crippen molar-refractivity contribution in [2.45, 2.75) is 13.5 Å². The van der Waals surface area contributed by atoms with E-state index in [0.717, 1.165) is 28.3 Å². The second kappa shape index (κ2) is 8.64. The van der Waals surface area contributed by atoms with Crippen LogP contribution in [0, 0.1) is 12.7 Å². The molecule has 1 saturated heterocycles. The predicted octanol–water partition coefficient (Wildman–Crippen LogP) is 5.98. The van der Waals surface area contributed by atoms with Crippen molar-refractivity contribution >= 4 is 46.6 Å². The van der Waals surface area contributed by atoms with Gasteiger partial charge in [0.15, 0.2) is 0 Å². The molecular weight excluding hydrogens is 457 g/mol. The Morgan fingerprint density at radius 2 is 1.97 bits per heavy atom. The maximum Gasteiger partial charge on any atom is 0.335 e. The fourth-order valence-corrected chi connectivity index (χ4v) is 4.23. The SMILES string of the molecule is Cc1ccc(C(=O)O)cc1-c1ccc(/C=C2\SC(=O)N(Cc3ccc(F)cc3Cl)C2=O)o1. The summed E-state index contributed by atoms with van der Waals surface area (Å²) in [6, 6.07) is 11.8. The maximum absolute atomic E-state index is 13.2. The molecule has 1 N–H and O–H groups in total. The zero-order valence-electron chi connectivity index (χ0n) is 16.6. The first kappa shape index (κ1) is 21.9. The third-order valence-electron chi connectivity index (χ3n) is 4.87. The Morgan fingerprint density at radius 1 is 1.19 bits per heavy atom. The van der Waals surface area contributed by atoms with Gasteiger partial charge in [-0.15, -0.1) is 0 Å². The number of thioether (sulfide) groups is 1. The highest BCUT2D eigenvalue weighted by molar-refractivity contribution is 8.18. The molecule has 0 radical (unpaired) electrons. The molecule has 4 rings (SSSR count). The quantitative estimate of drug-likeness (QED) is 0.460. The molecule has 32 heavy (non-hydrogen) atoms. The molecular formula is C23H15ClFNO5S.